The Bertz CT molecular complexity index is 580. The number of benzene rings is 1. The third-order valence-corrected chi connectivity index (χ3v) is 3.22. The summed E-state index contributed by atoms with van der Waals surface area (Å²) < 4.78 is 2.89. The van der Waals surface area contributed by atoms with Crippen molar-refractivity contribution in [3.63, 3.8) is 0 Å². The molecule has 1 aromatic carbocycles. The Labute approximate surface area is 107 Å². The number of halogens is 1. The highest BCUT2D eigenvalue weighted by Crippen LogP contribution is 2.16. The highest BCUT2D eigenvalue weighted by atomic mass is 79.9. The minimum Gasteiger partial charge on any atom is -0.334 e. The molecule has 0 aliphatic rings. The second-order valence-electron chi connectivity index (χ2n) is 3.67. The van der Waals surface area contributed by atoms with E-state index in [0.29, 0.717) is 12.1 Å². The summed E-state index contributed by atoms with van der Waals surface area (Å²) in [5.41, 5.74) is 6.88. The molecule has 0 saturated heterocycles. The van der Waals surface area contributed by atoms with Crippen LogP contribution in [0.2, 0.25) is 0 Å². The maximum absolute atomic E-state index is 11.3. The van der Waals surface area contributed by atoms with Crippen LogP contribution in [0.1, 0.15) is 11.1 Å². The molecule has 0 aliphatic carbocycles. The van der Waals surface area contributed by atoms with Crippen LogP contribution in [0.5, 0.6) is 0 Å². The van der Waals surface area contributed by atoms with Crippen LogP contribution >= 0.6 is 15.9 Å². The molecular weight excluding hydrogens is 282 g/mol. The average Bonchev–Trinajstić information content (AvgIpc) is 2.34. The van der Waals surface area contributed by atoms with Crippen LogP contribution in [0.15, 0.2) is 46.1 Å². The second-order valence-corrected chi connectivity index (χ2v) is 4.53. The summed E-state index contributed by atoms with van der Waals surface area (Å²) in [4.78, 5) is 15.1. The van der Waals surface area contributed by atoms with E-state index >= 15 is 0 Å². The standard InChI is InChI=1S/C12H12BrN3O/c13-11-4-2-1-3-9(11)6-16-7-10(5-14)12(17)15-8-16/h1-4,7-8H,5-6,14H2. The first-order chi connectivity index (χ1) is 8.20. The summed E-state index contributed by atoms with van der Waals surface area (Å²) in [5, 5.41) is 0. The Morgan fingerprint density at radius 2 is 2.06 bits per heavy atom. The third kappa shape index (κ3) is 2.81. The van der Waals surface area contributed by atoms with E-state index in [1.807, 2.05) is 28.8 Å². The fraction of sp³-hybridized carbons (Fsp3) is 0.167. The van der Waals surface area contributed by atoms with E-state index in [0.717, 1.165) is 10.0 Å². The quantitative estimate of drug-likeness (QED) is 0.933. The van der Waals surface area contributed by atoms with E-state index in [4.69, 9.17) is 5.73 Å². The van der Waals surface area contributed by atoms with Gasteiger partial charge >= 0.3 is 0 Å². The summed E-state index contributed by atoms with van der Waals surface area (Å²) in [6, 6.07) is 7.93. The largest absolute Gasteiger partial charge is 0.334 e. The molecule has 0 spiro atoms. The molecule has 2 N–H and O–H groups in total. The maximum atomic E-state index is 11.3. The van der Waals surface area contributed by atoms with Crippen molar-refractivity contribution >= 4 is 15.9 Å². The minimum atomic E-state index is -0.254. The van der Waals surface area contributed by atoms with Crippen LogP contribution in [0.25, 0.3) is 0 Å². The molecule has 88 valence electrons. The highest BCUT2D eigenvalue weighted by Gasteiger charge is 2.02. The van der Waals surface area contributed by atoms with Crippen LogP contribution in [0.3, 0.4) is 0 Å². The molecule has 0 saturated carbocycles. The molecule has 5 heteroatoms. The molecule has 4 nitrogen and oxygen atoms in total. The SMILES string of the molecule is NCc1cn(Cc2ccccc2Br)cnc1=O. The van der Waals surface area contributed by atoms with Crippen LogP contribution in [0, 0.1) is 0 Å². The van der Waals surface area contributed by atoms with Crippen LogP contribution < -0.4 is 11.3 Å². The first-order valence-corrected chi connectivity index (χ1v) is 5.98. The van der Waals surface area contributed by atoms with Gasteiger partial charge in [0.05, 0.1) is 6.33 Å². The first-order valence-electron chi connectivity index (χ1n) is 5.19. The van der Waals surface area contributed by atoms with Crippen LogP contribution in [-0.4, -0.2) is 9.55 Å². The van der Waals surface area contributed by atoms with Gasteiger partial charge in [-0.15, -0.1) is 0 Å². The summed E-state index contributed by atoms with van der Waals surface area (Å²) in [6.45, 7) is 0.865. The topological polar surface area (TPSA) is 60.9 Å². The molecule has 2 aromatic rings. The zero-order valence-electron chi connectivity index (χ0n) is 9.14. The molecule has 0 fully saturated rings. The van der Waals surface area contributed by atoms with Crippen molar-refractivity contribution in [1.29, 1.82) is 0 Å². The van der Waals surface area contributed by atoms with Gasteiger partial charge in [-0.05, 0) is 11.6 Å². The van der Waals surface area contributed by atoms with E-state index in [1.54, 1.807) is 6.20 Å². The second kappa shape index (κ2) is 5.25. The van der Waals surface area contributed by atoms with E-state index < -0.39 is 0 Å². The van der Waals surface area contributed by atoms with E-state index in [2.05, 4.69) is 20.9 Å². The zero-order chi connectivity index (χ0) is 12.3. The Hall–Kier alpha value is -1.46. The number of rotatable bonds is 3. The highest BCUT2D eigenvalue weighted by molar-refractivity contribution is 9.10. The molecule has 0 atom stereocenters. The van der Waals surface area contributed by atoms with Crippen molar-refractivity contribution in [3.8, 4) is 0 Å². The number of hydrogen-bond acceptors (Lipinski definition) is 3. The summed E-state index contributed by atoms with van der Waals surface area (Å²) in [5.74, 6) is 0. The first kappa shape index (κ1) is 12.0. The number of hydrogen-bond donors (Lipinski definition) is 1. The van der Waals surface area contributed by atoms with Gasteiger partial charge in [0.25, 0.3) is 5.56 Å². The van der Waals surface area contributed by atoms with Gasteiger partial charge < -0.3 is 10.3 Å². The van der Waals surface area contributed by atoms with Gasteiger partial charge in [0.1, 0.15) is 0 Å². The molecule has 0 amide bonds. The molecular formula is C12H12BrN3O. The summed E-state index contributed by atoms with van der Waals surface area (Å²) in [7, 11) is 0. The van der Waals surface area contributed by atoms with Crippen molar-refractivity contribution in [2.24, 2.45) is 5.73 Å². The fourth-order valence-electron chi connectivity index (χ4n) is 1.55. The minimum absolute atomic E-state index is 0.211. The Morgan fingerprint density at radius 1 is 1.29 bits per heavy atom. The van der Waals surface area contributed by atoms with E-state index in [1.165, 1.54) is 6.33 Å². The lowest BCUT2D eigenvalue weighted by Gasteiger charge is -2.08. The maximum Gasteiger partial charge on any atom is 0.277 e. The van der Waals surface area contributed by atoms with E-state index in [9.17, 15) is 4.79 Å². The Kier molecular flexibility index (Phi) is 3.71. The van der Waals surface area contributed by atoms with Gasteiger partial charge in [0, 0.05) is 29.3 Å². The van der Waals surface area contributed by atoms with Gasteiger partial charge in [0.2, 0.25) is 0 Å². The molecule has 0 radical (unpaired) electrons. The molecule has 1 heterocycles. The number of nitrogens with zero attached hydrogens (tertiary/aromatic N) is 2. The van der Waals surface area contributed by atoms with Crippen LogP contribution in [0.4, 0.5) is 0 Å². The lowest BCUT2D eigenvalue weighted by atomic mass is 10.2. The van der Waals surface area contributed by atoms with Gasteiger partial charge in [-0.25, -0.2) is 0 Å². The van der Waals surface area contributed by atoms with Crippen LogP contribution in [-0.2, 0) is 13.1 Å². The summed E-state index contributed by atoms with van der Waals surface area (Å²) >= 11 is 3.48. The molecule has 0 aliphatic heterocycles. The smallest absolute Gasteiger partial charge is 0.277 e. The number of aromatic nitrogens is 2. The number of nitrogens with two attached hydrogens (primary N) is 1. The molecule has 0 bridgehead atoms. The molecule has 2 rings (SSSR count). The Balaban J connectivity index is 2.31. The monoisotopic (exact) mass is 293 g/mol. The predicted molar refractivity (Wildman–Crippen MR) is 69.6 cm³/mol. The lowest BCUT2D eigenvalue weighted by molar-refractivity contribution is 0.741. The van der Waals surface area contributed by atoms with Crippen molar-refractivity contribution < 1.29 is 0 Å². The van der Waals surface area contributed by atoms with Crippen molar-refractivity contribution in [1.82, 2.24) is 9.55 Å². The Morgan fingerprint density at radius 3 is 2.76 bits per heavy atom. The van der Waals surface area contributed by atoms with Crippen molar-refractivity contribution in [3.05, 3.63) is 62.7 Å². The lowest BCUT2D eigenvalue weighted by Crippen LogP contribution is -2.19. The third-order valence-electron chi connectivity index (χ3n) is 2.45. The summed E-state index contributed by atoms with van der Waals surface area (Å²) in [6.07, 6.45) is 3.27. The van der Waals surface area contributed by atoms with Gasteiger partial charge in [-0.3, -0.25) is 4.79 Å². The molecule has 17 heavy (non-hydrogen) atoms. The van der Waals surface area contributed by atoms with Gasteiger partial charge in [0.15, 0.2) is 0 Å². The molecule has 0 unspecified atom stereocenters. The van der Waals surface area contributed by atoms with Crippen molar-refractivity contribution in [2.75, 3.05) is 0 Å². The average molecular weight is 294 g/mol. The van der Waals surface area contributed by atoms with Gasteiger partial charge in [-0.2, -0.15) is 4.98 Å². The van der Waals surface area contributed by atoms with Crippen molar-refractivity contribution in [2.45, 2.75) is 13.1 Å². The zero-order valence-corrected chi connectivity index (χ0v) is 10.7. The normalized spacial score (nSPS) is 10.5. The predicted octanol–water partition coefficient (Wildman–Crippen LogP) is 1.51. The molecule has 1 aromatic heterocycles. The van der Waals surface area contributed by atoms with E-state index in [-0.39, 0.29) is 12.1 Å². The van der Waals surface area contributed by atoms with Gasteiger partial charge in [-0.1, -0.05) is 34.1 Å². The fourth-order valence-corrected chi connectivity index (χ4v) is 1.96.